The van der Waals surface area contributed by atoms with Gasteiger partial charge in [0.15, 0.2) is 0 Å². The van der Waals surface area contributed by atoms with Crippen LogP contribution in [0.15, 0.2) is 6.20 Å². The molecule has 1 N–H and O–H groups in total. The van der Waals surface area contributed by atoms with Crippen LogP contribution in [0.1, 0.15) is 51.3 Å². The molecule has 0 radical (unpaired) electrons. The summed E-state index contributed by atoms with van der Waals surface area (Å²) in [5, 5.41) is 8.20. The molecule has 0 aromatic carbocycles. The maximum Gasteiger partial charge on any atom is 0.0694 e. The zero-order valence-corrected chi connectivity index (χ0v) is 13.7. The number of nitrogens with one attached hydrogen (secondary N) is 1. The third-order valence-electron chi connectivity index (χ3n) is 4.28. The zero-order chi connectivity index (χ0) is 14.7. The van der Waals surface area contributed by atoms with E-state index in [0.29, 0.717) is 12.0 Å². The quantitative estimate of drug-likeness (QED) is 0.867. The van der Waals surface area contributed by atoms with E-state index in [1.54, 1.807) is 0 Å². The van der Waals surface area contributed by atoms with Crippen molar-refractivity contribution in [3.8, 4) is 0 Å². The van der Waals surface area contributed by atoms with Crippen LogP contribution in [0.2, 0.25) is 0 Å². The molecule has 4 nitrogen and oxygen atoms in total. The molecule has 20 heavy (non-hydrogen) atoms. The smallest absolute Gasteiger partial charge is 0.0694 e. The number of aromatic nitrogens is 2. The zero-order valence-electron chi connectivity index (χ0n) is 13.7. The summed E-state index contributed by atoms with van der Waals surface area (Å²) in [6.45, 7) is 13.6. The number of hydrogen-bond acceptors (Lipinski definition) is 3. The average Bonchev–Trinajstić information content (AvgIpc) is 2.96. The maximum absolute atomic E-state index is 4.56. The number of rotatable bonds is 6. The van der Waals surface area contributed by atoms with Crippen molar-refractivity contribution in [3.63, 3.8) is 0 Å². The van der Waals surface area contributed by atoms with Crippen LogP contribution in [0.3, 0.4) is 0 Å². The van der Waals surface area contributed by atoms with Crippen molar-refractivity contribution < 1.29 is 0 Å². The Labute approximate surface area is 123 Å². The summed E-state index contributed by atoms with van der Waals surface area (Å²) in [5.41, 5.74) is 2.58. The van der Waals surface area contributed by atoms with Gasteiger partial charge >= 0.3 is 0 Å². The summed E-state index contributed by atoms with van der Waals surface area (Å²) in [6.07, 6.45) is 3.48. The summed E-state index contributed by atoms with van der Waals surface area (Å²) in [6, 6.07) is 0.686. The Hall–Kier alpha value is -0.870. The first-order valence-corrected chi connectivity index (χ1v) is 7.94. The van der Waals surface area contributed by atoms with Crippen molar-refractivity contribution in [2.24, 2.45) is 13.0 Å². The Morgan fingerprint density at radius 3 is 2.70 bits per heavy atom. The summed E-state index contributed by atoms with van der Waals surface area (Å²) in [4.78, 5) is 2.58. The van der Waals surface area contributed by atoms with Gasteiger partial charge in [-0.3, -0.25) is 4.68 Å². The van der Waals surface area contributed by atoms with E-state index >= 15 is 0 Å². The van der Waals surface area contributed by atoms with E-state index in [1.165, 1.54) is 30.8 Å². The summed E-state index contributed by atoms with van der Waals surface area (Å²) >= 11 is 0. The lowest BCUT2D eigenvalue weighted by atomic mass is 10.1. The van der Waals surface area contributed by atoms with Crippen LogP contribution in [0.25, 0.3) is 0 Å². The first-order valence-electron chi connectivity index (χ1n) is 7.94. The minimum absolute atomic E-state index is 0.496. The van der Waals surface area contributed by atoms with Gasteiger partial charge in [-0.1, -0.05) is 13.8 Å². The second kappa shape index (κ2) is 6.72. The Kier molecular flexibility index (Phi) is 5.22. The van der Waals surface area contributed by atoms with Gasteiger partial charge in [0.05, 0.1) is 5.69 Å². The molecule has 2 rings (SSSR count). The lowest BCUT2D eigenvalue weighted by Gasteiger charge is -2.20. The molecule has 0 amide bonds. The Bertz CT molecular complexity index is 422. The Balaban J connectivity index is 1.79. The molecule has 2 heterocycles. The molecule has 1 fully saturated rings. The molecule has 0 aliphatic carbocycles. The molecule has 4 heteroatoms. The fourth-order valence-electron chi connectivity index (χ4n) is 3.09. The van der Waals surface area contributed by atoms with Gasteiger partial charge in [0.25, 0.3) is 0 Å². The standard InChI is InChI=1S/C16H30N4/c1-12(2)16-15(11-19(5)18-16)9-17-8-14-6-7-20(10-14)13(3)4/h11-14,17H,6-10H2,1-5H3. The molecular formula is C16H30N4. The normalized spacial score (nSPS) is 20.4. The largest absolute Gasteiger partial charge is 0.312 e. The van der Waals surface area contributed by atoms with Gasteiger partial charge in [0.2, 0.25) is 0 Å². The first kappa shape index (κ1) is 15.5. The van der Waals surface area contributed by atoms with Gasteiger partial charge in [0, 0.05) is 37.9 Å². The minimum Gasteiger partial charge on any atom is -0.312 e. The highest BCUT2D eigenvalue weighted by Gasteiger charge is 2.23. The Morgan fingerprint density at radius 1 is 1.35 bits per heavy atom. The van der Waals surface area contributed by atoms with Crippen molar-refractivity contribution in [2.75, 3.05) is 19.6 Å². The van der Waals surface area contributed by atoms with Crippen LogP contribution < -0.4 is 5.32 Å². The molecule has 0 bridgehead atoms. The van der Waals surface area contributed by atoms with Crippen LogP contribution >= 0.6 is 0 Å². The fraction of sp³-hybridized carbons (Fsp3) is 0.812. The molecule has 1 aromatic rings. The minimum atomic E-state index is 0.496. The second-order valence-corrected chi connectivity index (χ2v) is 6.74. The van der Waals surface area contributed by atoms with E-state index in [2.05, 4.69) is 49.2 Å². The molecule has 0 saturated carbocycles. The monoisotopic (exact) mass is 278 g/mol. The number of hydrogen-bond donors (Lipinski definition) is 1. The van der Waals surface area contributed by atoms with E-state index in [4.69, 9.17) is 0 Å². The van der Waals surface area contributed by atoms with Gasteiger partial charge < -0.3 is 10.2 Å². The lowest BCUT2D eigenvalue weighted by Crippen LogP contribution is -2.30. The van der Waals surface area contributed by atoms with Gasteiger partial charge in [-0.2, -0.15) is 5.10 Å². The van der Waals surface area contributed by atoms with E-state index in [0.717, 1.165) is 19.0 Å². The third-order valence-corrected chi connectivity index (χ3v) is 4.28. The molecule has 1 atom stereocenters. The topological polar surface area (TPSA) is 33.1 Å². The van der Waals surface area contributed by atoms with Gasteiger partial charge in [-0.25, -0.2) is 0 Å². The molecule has 1 aliphatic heterocycles. The molecular weight excluding hydrogens is 248 g/mol. The number of aryl methyl sites for hydroxylation is 1. The lowest BCUT2D eigenvalue weighted by molar-refractivity contribution is 0.264. The van der Waals surface area contributed by atoms with Crippen molar-refractivity contribution in [1.29, 1.82) is 0 Å². The van der Waals surface area contributed by atoms with Crippen LogP contribution in [0.4, 0.5) is 0 Å². The van der Waals surface area contributed by atoms with E-state index in [9.17, 15) is 0 Å². The first-order chi connectivity index (χ1) is 9.47. The highest BCUT2D eigenvalue weighted by molar-refractivity contribution is 5.19. The molecule has 0 spiro atoms. The van der Waals surface area contributed by atoms with Crippen LogP contribution in [0.5, 0.6) is 0 Å². The second-order valence-electron chi connectivity index (χ2n) is 6.74. The third kappa shape index (κ3) is 3.83. The van der Waals surface area contributed by atoms with Crippen molar-refractivity contribution in [2.45, 2.75) is 52.6 Å². The van der Waals surface area contributed by atoms with Crippen molar-refractivity contribution in [1.82, 2.24) is 20.0 Å². The number of likely N-dealkylation sites (tertiary alicyclic amines) is 1. The van der Waals surface area contributed by atoms with E-state index in [1.807, 2.05) is 11.7 Å². The highest BCUT2D eigenvalue weighted by Crippen LogP contribution is 2.19. The van der Waals surface area contributed by atoms with Gasteiger partial charge in [-0.15, -0.1) is 0 Å². The average molecular weight is 278 g/mol. The maximum atomic E-state index is 4.56. The van der Waals surface area contributed by atoms with Gasteiger partial charge in [-0.05, 0) is 45.2 Å². The summed E-state index contributed by atoms with van der Waals surface area (Å²) < 4.78 is 1.93. The van der Waals surface area contributed by atoms with Crippen molar-refractivity contribution in [3.05, 3.63) is 17.5 Å². The van der Waals surface area contributed by atoms with E-state index in [-0.39, 0.29) is 0 Å². The Morgan fingerprint density at radius 2 is 2.10 bits per heavy atom. The summed E-state index contributed by atoms with van der Waals surface area (Å²) in [7, 11) is 2.01. The fourth-order valence-corrected chi connectivity index (χ4v) is 3.09. The predicted octanol–water partition coefficient (Wildman–Crippen LogP) is 2.36. The molecule has 1 saturated heterocycles. The number of nitrogens with zero attached hydrogens (tertiary/aromatic N) is 3. The summed E-state index contributed by atoms with van der Waals surface area (Å²) in [5.74, 6) is 1.30. The molecule has 1 unspecified atom stereocenters. The highest BCUT2D eigenvalue weighted by atomic mass is 15.3. The SMILES string of the molecule is CC(C)c1nn(C)cc1CNCC1CCN(C(C)C)C1. The molecule has 1 aromatic heterocycles. The van der Waals surface area contributed by atoms with Crippen LogP contribution in [0, 0.1) is 5.92 Å². The van der Waals surface area contributed by atoms with Crippen LogP contribution in [-0.4, -0.2) is 40.4 Å². The predicted molar refractivity (Wildman–Crippen MR) is 83.8 cm³/mol. The van der Waals surface area contributed by atoms with Crippen molar-refractivity contribution >= 4 is 0 Å². The van der Waals surface area contributed by atoms with Gasteiger partial charge in [0.1, 0.15) is 0 Å². The molecule has 1 aliphatic rings. The van der Waals surface area contributed by atoms with E-state index < -0.39 is 0 Å². The molecule has 114 valence electrons. The van der Waals surface area contributed by atoms with Crippen LogP contribution in [-0.2, 0) is 13.6 Å².